The summed E-state index contributed by atoms with van der Waals surface area (Å²) in [6.07, 6.45) is 1.64. The summed E-state index contributed by atoms with van der Waals surface area (Å²) in [5, 5.41) is 0.644. The first kappa shape index (κ1) is 22.6. The van der Waals surface area contributed by atoms with Crippen molar-refractivity contribution in [3.8, 4) is 11.5 Å². The summed E-state index contributed by atoms with van der Waals surface area (Å²) < 4.78 is 18.3. The zero-order valence-electron chi connectivity index (χ0n) is 16.8. The fraction of sp³-hybridized carbons (Fsp3) is 0.0833. The molecule has 0 N–H and O–H groups in total. The smallest absolute Gasteiger partial charge is 0.363 e. The Morgan fingerprint density at radius 3 is 2.66 bits per heavy atom. The Hall–Kier alpha value is -2.61. The Morgan fingerprint density at radius 1 is 1.09 bits per heavy atom. The molecule has 0 saturated heterocycles. The van der Waals surface area contributed by atoms with Crippen LogP contribution in [0.25, 0.3) is 6.08 Å². The zero-order chi connectivity index (χ0) is 22.7. The quantitative estimate of drug-likeness (QED) is 0.239. The molecule has 0 atom stereocenters. The monoisotopic (exact) mass is 575 g/mol. The van der Waals surface area contributed by atoms with Crippen LogP contribution in [0.3, 0.4) is 0 Å². The molecular weight excluding hydrogens is 562 g/mol. The molecule has 0 fully saturated rings. The van der Waals surface area contributed by atoms with E-state index in [9.17, 15) is 4.79 Å². The van der Waals surface area contributed by atoms with E-state index >= 15 is 0 Å². The van der Waals surface area contributed by atoms with Crippen molar-refractivity contribution < 1.29 is 19.0 Å². The van der Waals surface area contributed by atoms with E-state index in [1.54, 1.807) is 19.3 Å². The number of carbonyl (C=O) groups excluding carboxylic acids is 1. The van der Waals surface area contributed by atoms with Crippen molar-refractivity contribution in [2.75, 3.05) is 7.11 Å². The van der Waals surface area contributed by atoms with E-state index in [-0.39, 0.29) is 11.6 Å². The molecule has 5 nitrogen and oxygen atoms in total. The van der Waals surface area contributed by atoms with Gasteiger partial charge in [-0.25, -0.2) is 9.79 Å². The maximum absolute atomic E-state index is 12.3. The van der Waals surface area contributed by atoms with Gasteiger partial charge in [0.15, 0.2) is 17.2 Å². The normalized spacial score (nSPS) is 14.3. The van der Waals surface area contributed by atoms with E-state index in [1.165, 1.54) is 0 Å². The van der Waals surface area contributed by atoms with Crippen LogP contribution in [0.4, 0.5) is 0 Å². The predicted molar refractivity (Wildman–Crippen MR) is 131 cm³/mol. The first-order valence-electron chi connectivity index (χ1n) is 9.46. The molecular formula is C24H16Br2ClNO4. The lowest BCUT2D eigenvalue weighted by Gasteiger charge is -2.14. The van der Waals surface area contributed by atoms with Crippen molar-refractivity contribution >= 4 is 61.4 Å². The van der Waals surface area contributed by atoms with Gasteiger partial charge in [-0.3, -0.25) is 0 Å². The summed E-state index contributed by atoms with van der Waals surface area (Å²) in [6, 6.07) is 18.4. The van der Waals surface area contributed by atoms with Crippen molar-refractivity contribution in [3.05, 3.63) is 97.0 Å². The maximum Gasteiger partial charge on any atom is 0.363 e. The van der Waals surface area contributed by atoms with Gasteiger partial charge in [0, 0.05) is 15.1 Å². The van der Waals surface area contributed by atoms with Crippen LogP contribution in [0.2, 0.25) is 5.02 Å². The molecule has 0 amide bonds. The largest absolute Gasteiger partial charge is 0.493 e. The highest BCUT2D eigenvalue weighted by Crippen LogP contribution is 2.38. The van der Waals surface area contributed by atoms with Gasteiger partial charge >= 0.3 is 5.97 Å². The van der Waals surface area contributed by atoms with E-state index in [1.807, 2.05) is 54.6 Å². The number of hydrogen-bond donors (Lipinski definition) is 0. The van der Waals surface area contributed by atoms with E-state index in [0.717, 1.165) is 10.0 Å². The molecule has 4 rings (SSSR count). The van der Waals surface area contributed by atoms with Gasteiger partial charge in [0.25, 0.3) is 0 Å². The summed E-state index contributed by atoms with van der Waals surface area (Å²) in [7, 11) is 1.55. The molecule has 8 heteroatoms. The van der Waals surface area contributed by atoms with Crippen LogP contribution >= 0.6 is 43.5 Å². The molecule has 1 aliphatic rings. The molecule has 1 heterocycles. The van der Waals surface area contributed by atoms with Gasteiger partial charge in [-0.05, 0) is 75.6 Å². The number of halogens is 3. The number of nitrogens with zero attached hydrogens (tertiary/aromatic N) is 1. The third-order valence-electron chi connectivity index (χ3n) is 4.52. The lowest BCUT2D eigenvalue weighted by Crippen LogP contribution is -2.05. The SMILES string of the molecule is COc1cc(/C=C2\N=C(c3cccc(Br)c3)OC2=O)cc(Br)c1OCc1cccc(Cl)c1. The minimum atomic E-state index is -0.517. The number of hydrogen-bond acceptors (Lipinski definition) is 5. The number of methoxy groups -OCH3 is 1. The Morgan fingerprint density at radius 2 is 1.91 bits per heavy atom. The summed E-state index contributed by atoms with van der Waals surface area (Å²) in [6.45, 7) is 0.322. The average Bonchev–Trinajstić information content (AvgIpc) is 3.13. The van der Waals surface area contributed by atoms with Gasteiger partial charge in [0.2, 0.25) is 5.90 Å². The molecule has 162 valence electrons. The van der Waals surface area contributed by atoms with Crippen LogP contribution in [-0.4, -0.2) is 19.0 Å². The van der Waals surface area contributed by atoms with Gasteiger partial charge in [-0.15, -0.1) is 0 Å². The van der Waals surface area contributed by atoms with E-state index in [0.29, 0.717) is 38.7 Å². The minimum Gasteiger partial charge on any atom is -0.493 e. The standard InChI is InChI=1S/C24H16Br2ClNO4/c1-30-21-11-15(9-19(26)22(21)31-13-14-4-2-7-18(27)8-14)10-20-24(29)32-23(28-20)16-5-3-6-17(25)12-16/h2-12H,13H2,1H3/b20-10-. The highest BCUT2D eigenvalue weighted by atomic mass is 79.9. The molecule has 0 saturated carbocycles. The molecule has 0 unspecified atom stereocenters. The van der Waals surface area contributed by atoms with Gasteiger partial charge in [0.1, 0.15) is 6.61 Å². The number of carbonyl (C=O) groups is 1. The van der Waals surface area contributed by atoms with Crippen LogP contribution in [0.1, 0.15) is 16.7 Å². The lowest BCUT2D eigenvalue weighted by molar-refractivity contribution is -0.129. The molecule has 0 spiro atoms. The van der Waals surface area contributed by atoms with Crippen LogP contribution < -0.4 is 9.47 Å². The van der Waals surface area contributed by atoms with E-state index < -0.39 is 5.97 Å². The van der Waals surface area contributed by atoms with Gasteiger partial charge in [-0.1, -0.05) is 45.7 Å². The number of ether oxygens (including phenoxy) is 3. The summed E-state index contributed by atoms with van der Waals surface area (Å²) >= 11 is 13.0. The Kier molecular flexibility index (Phi) is 6.98. The summed E-state index contributed by atoms with van der Waals surface area (Å²) in [5.74, 6) is 0.796. The molecule has 1 aliphatic heterocycles. The van der Waals surface area contributed by atoms with Crippen molar-refractivity contribution in [3.63, 3.8) is 0 Å². The molecule has 0 bridgehead atoms. The third-order valence-corrected chi connectivity index (χ3v) is 5.84. The van der Waals surface area contributed by atoms with E-state index in [2.05, 4.69) is 36.9 Å². The second kappa shape index (κ2) is 9.90. The van der Waals surface area contributed by atoms with Crippen molar-refractivity contribution in [1.82, 2.24) is 0 Å². The fourth-order valence-corrected chi connectivity index (χ4v) is 4.24. The maximum atomic E-state index is 12.3. The molecule has 3 aromatic rings. The highest BCUT2D eigenvalue weighted by molar-refractivity contribution is 9.10. The Labute approximate surface area is 206 Å². The van der Waals surface area contributed by atoms with Crippen LogP contribution in [-0.2, 0) is 16.1 Å². The first-order valence-corrected chi connectivity index (χ1v) is 11.4. The van der Waals surface area contributed by atoms with Crippen LogP contribution in [0.15, 0.2) is 80.3 Å². The predicted octanol–water partition coefficient (Wildman–Crippen LogP) is 6.80. The zero-order valence-corrected chi connectivity index (χ0v) is 20.7. The second-order valence-electron chi connectivity index (χ2n) is 6.80. The first-order chi connectivity index (χ1) is 15.4. The number of cyclic esters (lactones) is 1. The number of rotatable bonds is 6. The van der Waals surface area contributed by atoms with Crippen LogP contribution in [0, 0.1) is 0 Å². The van der Waals surface area contributed by atoms with Crippen molar-refractivity contribution in [2.24, 2.45) is 4.99 Å². The van der Waals surface area contributed by atoms with E-state index in [4.69, 9.17) is 25.8 Å². The molecule has 3 aromatic carbocycles. The second-order valence-corrected chi connectivity index (χ2v) is 9.01. The highest BCUT2D eigenvalue weighted by Gasteiger charge is 2.24. The fourth-order valence-electron chi connectivity index (χ4n) is 3.06. The third kappa shape index (κ3) is 5.23. The summed E-state index contributed by atoms with van der Waals surface area (Å²) in [4.78, 5) is 16.7. The van der Waals surface area contributed by atoms with Gasteiger partial charge in [0.05, 0.1) is 11.6 Å². The van der Waals surface area contributed by atoms with Gasteiger partial charge < -0.3 is 14.2 Å². The minimum absolute atomic E-state index is 0.196. The number of benzene rings is 3. The van der Waals surface area contributed by atoms with Gasteiger partial charge in [-0.2, -0.15) is 0 Å². The average molecular weight is 578 g/mol. The number of esters is 1. The molecule has 0 aromatic heterocycles. The van der Waals surface area contributed by atoms with Crippen molar-refractivity contribution in [1.29, 1.82) is 0 Å². The summed E-state index contributed by atoms with van der Waals surface area (Å²) in [5.41, 5.74) is 2.54. The van der Waals surface area contributed by atoms with Crippen molar-refractivity contribution in [2.45, 2.75) is 6.61 Å². The molecule has 0 radical (unpaired) electrons. The Bertz CT molecular complexity index is 1260. The topological polar surface area (TPSA) is 57.1 Å². The number of aliphatic imine (C=N–C) groups is 1. The molecule has 0 aliphatic carbocycles. The molecule has 32 heavy (non-hydrogen) atoms. The Balaban J connectivity index is 1.59. The van der Waals surface area contributed by atoms with Crippen LogP contribution in [0.5, 0.6) is 11.5 Å². The lowest BCUT2D eigenvalue weighted by atomic mass is 10.1.